The van der Waals surface area contributed by atoms with Crippen molar-refractivity contribution in [2.75, 3.05) is 38.3 Å². The van der Waals surface area contributed by atoms with Crippen LogP contribution in [0.3, 0.4) is 0 Å². The average Bonchev–Trinajstić information content (AvgIpc) is 2.74. The Kier molecular flexibility index (Phi) is 7.92. The van der Waals surface area contributed by atoms with E-state index in [2.05, 4.69) is 14.4 Å². The van der Waals surface area contributed by atoms with Crippen molar-refractivity contribution in [1.82, 2.24) is 4.72 Å². The van der Waals surface area contributed by atoms with Gasteiger partial charge in [0.25, 0.3) is 0 Å². The molecule has 0 fully saturated rings. The Morgan fingerprint density at radius 3 is 2.62 bits per heavy atom. The Hall–Kier alpha value is -2.01. The van der Waals surface area contributed by atoms with Crippen LogP contribution in [0.5, 0.6) is 5.75 Å². The third-order valence-electron chi connectivity index (χ3n) is 5.02. The lowest BCUT2D eigenvalue weighted by molar-refractivity contribution is -0.173. The predicted octanol–water partition coefficient (Wildman–Crippen LogP) is 4.16. The highest BCUT2D eigenvalue weighted by Crippen LogP contribution is 2.33. The molecule has 11 heteroatoms. The van der Waals surface area contributed by atoms with Crippen molar-refractivity contribution in [3.8, 4) is 5.75 Å². The van der Waals surface area contributed by atoms with Crippen LogP contribution < -0.4 is 14.4 Å². The molecule has 0 atom stereocenters. The zero-order valence-electron chi connectivity index (χ0n) is 17.4. The fourth-order valence-electron chi connectivity index (χ4n) is 3.43. The van der Waals surface area contributed by atoms with Crippen LogP contribution in [0, 0.1) is 0 Å². The number of fused-ring (bicyclic) bond motifs is 1. The molecule has 2 aromatic carbocycles. The molecule has 1 N–H and O–H groups in total. The van der Waals surface area contributed by atoms with E-state index in [1.54, 1.807) is 13.2 Å². The van der Waals surface area contributed by atoms with Crippen molar-refractivity contribution in [3.05, 3.63) is 52.5 Å². The molecule has 1 aliphatic rings. The van der Waals surface area contributed by atoms with Crippen molar-refractivity contribution >= 4 is 27.3 Å². The van der Waals surface area contributed by atoms with E-state index in [4.69, 9.17) is 16.3 Å². The molecule has 2 aromatic rings. The topological polar surface area (TPSA) is 67.9 Å². The highest BCUT2D eigenvalue weighted by atomic mass is 35.5. The number of sulfonamides is 1. The van der Waals surface area contributed by atoms with E-state index in [-0.39, 0.29) is 24.5 Å². The Balaban J connectivity index is 1.60. The van der Waals surface area contributed by atoms with Crippen molar-refractivity contribution < 1.29 is 31.1 Å². The molecule has 0 amide bonds. The third kappa shape index (κ3) is 6.50. The largest absolute Gasteiger partial charge is 0.497 e. The Morgan fingerprint density at radius 1 is 1.16 bits per heavy atom. The minimum Gasteiger partial charge on any atom is -0.497 e. The van der Waals surface area contributed by atoms with E-state index in [9.17, 15) is 21.6 Å². The summed E-state index contributed by atoms with van der Waals surface area (Å²) in [6, 6.07) is 10.5. The second-order valence-corrected chi connectivity index (χ2v) is 9.51. The second kappa shape index (κ2) is 10.3. The molecule has 1 heterocycles. The molecule has 0 aromatic heterocycles. The van der Waals surface area contributed by atoms with E-state index >= 15 is 0 Å². The van der Waals surface area contributed by atoms with Crippen LogP contribution in [0.4, 0.5) is 18.9 Å². The first kappa shape index (κ1) is 24.6. The van der Waals surface area contributed by atoms with Crippen LogP contribution in [0.15, 0.2) is 41.3 Å². The van der Waals surface area contributed by atoms with Gasteiger partial charge in [-0.1, -0.05) is 17.7 Å². The first-order chi connectivity index (χ1) is 15.1. The molecule has 0 spiro atoms. The van der Waals surface area contributed by atoms with Crippen molar-refractivity contribution in [1.29, 1.82) is 0 Å². The molecule has 1 aliphatic heterocycles. The summed E-state index contributed by atoms with van der Waals surface area (Å²) >= 11 is 6.41. The molecular formula is C21H24ClF3N2O4S. The van der Waals surface area contributed by atoms with Gasteiger partial charge in [0.2, 0.25) is 10.0 Å². The van der Waals surface area contributed by atoms with E-state index < -0.39 is 22.8 Å². The zero-order chi connectivity index (χ0) is 23.4. The predicted molar refractivity (Wildman–Crippen MR) is 116 cm³/mol. The molecule has 3 rings (SSSR count). The van der Waals surface area contributed by atoms with Gasteiger partial charge in [-0.15, -0.1) is 0 Å². The van der Waals surface area contributed by atoms with Gasteiger partial charge in [0.1, 0.15) is 12.4 Å². The lowest BCUT2D eigenvalue weighted by Gasteiger charge is -2.31. The molecule has 176 valence electrons. The van der Waals surface area contributed by atoms with Crippen LogP contribution in [0.25, 0.3) is 0 Å². The number of ether oxygens (including phenoxy) is 2. The number of rotatable bonds is 9. The highest BCUT2D eigenvalue weighted by Gasteiger charge is 2.27. The molecule has 0 saturated heterocycles. The summed E-state index contributed by atoms with van der Waals surface area (Å²) < 4.78 is 73.2. The van der Waals surface area contributed by atoms with Crippen LogP contribution in [0.1, 0.15) is 17.5 Å². The standard InChI is InChI=1S/C21H24ClF3N2O4S/c1-30-17-4-3-15-7-9-27(13-16(15)11-17)20-6-5-18(12-19(20)22)32(28,29)26-8-2-10-31-14-21(23,24)25/h3-6,11-12,26H,2,7-10,13-14H2,1H3. The van der Waals surface area contributed by atoms with Crippen LogP contribution in [-0.2, 0) is 27.7 Å². The number of hydrogen-bond acceptors (Lipinski definition) is 5. The van der Waals surface area contributed by atoms with Crippen LogP contribution in [-0.4, -0.2) is 48.0 Å². The molecule has 32 heavy (non-hydrogen) atoms. The van der Waals surface area contributed by atoms with E-state index in [0.29, 0.717) is 11.6 Å². The Labute approximate surface area is 190 Å². The smallest absolute Gasteiger partial charge is 0.411 e. The number of anilines is 1. The van der Waals surface area contributed by atoms with Gasteiger partial charge in [-0.2, -0.15) is 13.2 Å². The van der Waals surface area contributed by atoms with Gasteiger partial charge in [0.15, 0.2) is 0 Å². The minimum absolute atomic E-state index is 0.0125. The number of nitrogens with zero attached hydrogens (tertiary/aromatic N) is 1. The first-order valence-electron chi connectivity index (χ1n) is 9.93. The number of halogens is 4. The lowest BCUT2D eigenvalue weighted by atomic mass is 9.99. The molecule has 0 bridgehead atoms. The maximum absolute atomic E-state index is 12.5. The summed E-state index contributed by atoms with van der Waals surface area (Å²) in [6.45, 7) is -0.256. The maximum Gasteiger partial charge on any atom is 0.411 e. The van der Waals surface area contributed by atoms with Gasteiger partial charge in [0, 0.05) is 26.2 Å². The number of methoxy groups -OCH3 is 1. The molecule has 0 unspecified atom stereocenters. The average molecular weight is 493 g/mol. The summed E-state index contributed by atoms with van der Waals surface area (Å²) in [6.07, 6.45) is -3.47. The SMILES string of the molecule is COc1ccc2c(c1)CN(c1ccc(S(=O)(=O)NCCCOCC(F)(F)F)cc1Cl)CC2. The lowest BCUT2D eigenvalue weighted by Crippen LogP contribution is -2.30. The molecular weight excluding hydrogens is 469 g/mol. The van der Waals surface area contributed by atoms with Gasteiger partial charge in [-0.05, 0) is 54.3 Å². The van der Waals surface area contributed by atoms with Crippen molar-refractivity contribution in [2.24, 2.45) is 0 Å². The quantitative estimate of drug-likeness (QED) is 0.532. The Bertz CT molecular complexity index is 1050. The summed E-state index contributed by atoms with van der Waals surface area (Å²) in [7, 11) is -2.24. The molecule has 0 radical (unpaired) electrons. The summed E-state index contributed by atoms with van der Waals surface area (Å²) in [5, 5.41) is 0.299. The van der Waals surface area contributed by atoms with Gasteiger partial charge in [-0.3, -0.25) is 0 Å². The zero-order valence-corrected chi connectivity index (χ0v) is 19.0. The fourth-order valence-corrected chi connectivity index (χ4v) is 4.89. The summed E-state index contributed by atoms with van der Waals surface area (Å²) in [5.41, 5.74) is 3.08. The van der Waals surface area contributed by atoms with Gasteiger partial charge >= 0.3 is 6.18 Å². The van der Waals surface area contributed by atoms with Gasteiger partial charge < -0.3 is 14.4 Å². The highest BCUT2D eigenvalue weighted by molar-refractivity contribution is 7.89. The monoisotopic (exact) mass is 492 g/mol. The second-order valence-electron chi connectivity index (χ2n) is 7.34. The molecule has 0 aliphatic carbocycles. The van der Waals surface area contributed by atoms with Crippen LogP contribution >= 0.6 is 11.6 Å². The summed E-state index contributed by atoms with van der Waals surface area (Å²) in [5.74, 6) is 0.771. The maximum atomic E-state index is 12.5. The Morgan fingerprint density at radius 2 is 1.94 bits per heavy atom. The molecule has 6 nitrogen and oxygen atoms in total. The number of alkyl halides is 3. The van der Waals surface area contributed by atoms with E-state index in [1.165, 1.54) is 17.7 Å². The molecule has 0 saturated carbocycles. The first-order valence-corrected chi connectivity index (χ1v) is 11.8. The summed E-state index contributed by atoms with van der Waals surface area (Å²) in [4.78, 5) is 2.06. The number of benzene rings is 2. The third-order valence-corrected chi connectivity index (χ3v) is 6.78. The van der Waals surface area contributed by atoms with E-state index in [1.807, 2.05) is 18.2 Å². The van der Waals surface area contributed by atoms with Crippen molar-refractivity contribution in [2.45, 2.75) is 30.5 Å². The number of hydrogen-bond donors (Lipinski definition) is 1. The van der Waals surface area contributed by atoms with Crippen LogP contribution in [0.2, 0.25) is 5.02 Å². The van der Waals surface area contributed by atoms with E-state index in [0.717, 1.165) is 30.0 Å². The minimum atomic E-state index is -4.40. The number of nitrogens with one attached hydrogen (secondary N) is 1. The fraction of sp³-hybridized carbons (Fsp3) is 0.429. The normalized spacial score (nSPS) is 14.3. The van der Waals surface area contributed by atoms with Crippen molar-refractivity contribution in [3.63, 3.8) is 0 Å². The van der Waals surface area contributed by atoms with Gasteiger partial charge in [0.05, 0.1) is 22.7 Å². The van der Waals surface area contributed by atoms with Gasteiger partial charge in [-0.25, -0.2) is 13.1 Å².